The third-order valence-corrected chi connectivity index (χ3v) is 8.22. The number of hydrogen-bond donors (Lipinski definition) is 2. The van der Waals surface area contributed by atoms with Crippen LogP contribution in [-0.2, 0) is 39.5 Å². The van der Waals surface area contributed by atoms with Crippen LogP contribution >= 0.6 is 12.2 Å². The van der Waals surface area contributed by atoms with Crippen LogP contribution in [-0.4, -0.2) is 26.5 Å². The largest absolute Gasteiger partial charge is 0.458 e. The van der Waals surface area contributed by atoms with Gasteiger partial charge in [-0.05, 0) is 48.9 Å². The molecular weight excluding hydrogens is 469 g/mol. The van der Waals surface area contributed by atoms with E-state index in [9.17, 15) is 19.1 Å². The highest BCUT2D eigenvalue weighted by Gasteiger charge is 2.45. The van der Waals surface area contributed by atoms with E-state index in [-0.39, 0.29) is 30.8 Å². The zero-order valence-corrected chi connectivity index (χ0v) is 20.4. The van der Waals surface area contributed by atoms with Gasteiger partial charge in [-0.15, -0.1) is 0 Å². The number of hydrogen-bond acceptors (Lipinski definition) is 6. The first-order valence-corrected chi connectivity index (χ1v) is 12.1. The minimum Gasteiger partial charge on any atom is -0.458 e. The Bertz CT molecular complexity index is 1560. The van der Waals surface area contributed by atoms with Gasteiger partial charge in [0.15, 0.2) is 5.60 Å². The van der Waals surface area contributed by atoms with Crippen molar-refractivity contribution in [2.24, 2.45) is 0 Å². The summed E-state index contributed by atoms with van der Waals surface area (Å²) in [5, 5.41) is 15.1. The van der Waals surface area contributed by atoms with Crippen molar-refractivity contribution in [3.8, 4) is 11.4 Å². The predicted octanol–water partition coefficient (Wildman–Crippen LogP) is 4.02. The van der Waals surface area contributed by atoms with Gasteiger partial charge in [0.25, 0.3) is 0 Å². The molecule has 0 saturated carbocycles. The van der Waals surface area contributed by atoms with E-state index in [0.717, 1.165) is 22.1 Å². The van der Waals surface area contributed by atoms with Crippen LogP contribution in [0.5, 0.6) is 0 Å². The monoisotopic (exact) mass is 493 g/mol. The molecule has 0 radical (unpaired) electrons. The van der Waals surface area contributed by atoms with Crippen LogP contribution < -0.4 is 5.32 Å². The number of aromatic nitrogens is 2. The van der Waals surface area contributed by atoms with Crippen LogP contribution in [0.25, 0.3) is 22.3 Å². The minimum atomic E-state index is -1.79. The van der Waals surface area contributed by atoms with Crippen molar-refractivity contribution in [1.29, 1.82) is 0 Å². The first-order valence-electron chi connectivity index (χ1n) is 11.7. The number of pyridine rings is 2. The number of halogens is 1. The summed E-state index contributed by atoms with van der Waals surface area (Å²) in [5.74, 6) is -1.14. The second kappa shape index (κ2) is 7.41. The number of aryl methyl sites for hydroxylation is 1. The molecule has 180 valence electrons. The fourth-order valence-corrected chi connectivity index (χ4v) is 6.28. The molecule has 2 aliphatic heterocycles. The summed E-state index contributed by atoms with van der Waals surface area (Å²) in [4.78, 5) is 29.4. The second-order valence-corrected chi connectivity index (χ2v) is 9.99. The number of fused-ring (bicyclic) bond motifs is 5. The van der Waals surface area contributed by atoms with Crippen molar-refractivity contribution in [1.82, 2.24) is 14.9 Å². The van der Waals surface area contributed by atoms with E-state index < -0.39 is 11.6 Å². The third kappa shape index (κ3) is 2.91. The van der Waals surface area contributed by atoms with Gasteiger partial charge in [-0.2, -0.15) is 0 Å². The predicted molar refractivity (Wildman–Crippen MR) is 129 cm³/mol. The summed E-state index contributed by atoms with van der Waals surface area (Å²) < 4.78 is 22.5. The number of rotatable bonds is 2. The molecule has 1 amide bonds. The Morgan fingerprint density at radius 1 is 1.37 bits per heavy atom. The average Bonchev–Trinajstić information content (AvgIpc) is 3.19. The molecule has 4 heterocycles. The van der Waals surface area contributed by atoms with Crippen LogP contribution in [0.4, 0.5) is 4.39 Å². The van der Waals surface area contributed by atoms with Gasteiger partial charge in [0, 0.05) is 35.1 Å². The number of aliphatic hydroxyl groups is 1. The van der Waals surface area contributed by atoms with Gasteiger partial charge in [0.1, 0.15) is 17.1 Å². The molecule has 3 aliphatic rings. The normalized spacial score (nSPS) is 21.9. The highest BCUT2D eigenvalue weighted by atomic mass is 32.1. The van der Waals surface area contributed by atoms with Gasteiger partial charge < -0.3 is 19.7 Å². The summed E-state index contributed by atoms with van der Waals surface area (Å²) >= 11 is 5.81. The maximum absolute atomic E-state index is 14.9. The molecule has 6 rings (SSSR count). The standard InChI is InChI=1S/C26H24FN3O4S/c1-4-26(33)16-7-20-23-14(9-30(20)24(35)15(16)10-34-25(26)32)22-18(28-12(3)31)6-5-13-11(2)17(27)8-19(29-23)21(13)22/h7-8,18,33H,4-6,9-10H2,1-3H3,(H,28,31)/t18?,26-/m0/s1. The van der Waals surface area contributed by atoms with Crippen molar-refractivity contribution in [3.63, 3.8) is 0 Å². The van der Waals surface area contributed by atoms with Crippen molar-refractivity contribution in [2.45, 2.75) is 64.8 Å². The van der Waals surface area contributed by atoms with E-state index >= 15 is 0 Å². The highest BCUT2D eigenvalue weighted by Crippen LogP contribution is 2.47. The van der Waals surface area contributed by atoms with E-state index in [2.05, 4.69) is 5.32 Å². The molecule has 9 heteroatoms. The molecule has 0 saturated heterocycles. The highest BCUT2D eigenvalue weighted by molar-refractivity contribution is 7.71. The van der Waals surface area contributed by atoms with Gasteiger partial charge >= 0.3 is 5.97 Å². The zero-order chi connectivity index (χ0) is 24.8. The van der Waals surface area contributed by atoms with E-state index in [1.165, 1.54) is 13.0 Å². The van der Waals surface area contributed by atoms with Crippen LogP contribution in [0.15, 0.2) is 12.1 Å². The molecule has 0 fully saturated rings. The number of benzene rings is 1. The third-order valence-electron chi connectivity index (χ3n) is 7.76. The number of carbonyl (C=O) groups excluding carboxylic acids is 2. The molecule has 0 spiro atoms. The van der Waals surface area contributed by atoms with Crippen molar-refractivity contribution < 1.29 is 23.8 Å². The molecule has 7 nitrogen and oxygen atoms in total. The topological polar surface area (TPSA) is 93.4 Å². The van der Waals surface area contributed by atoms with Crippen molar-refractivity contribution in [3.05, 3.63) is 56.0 Å². The molecule has 2 atom stereocenters. The van der Waals surface area contributed by atoms with Gasteiger partial charge in [0.2, 0.25) is 5.91 Å². The summed E-state index contributed by atoms with van der Waals surface area (Å²) in [6.07, 6.45) is 1.43. The first kappa shape index (κ1) is 22.3. The summed E-state index contributed by atoms with van der Waals surface area (Å²) in [5.41, 5.74) is 4.46. The minimum absolute atomic E-state index is 0.00271. The van der Waals surface area contributed by atoms with Crippen LogP contribution in [0, 0.1) is 17.4 Å². The fraction of sp³-hybridized carbons (Fsp3) is 0.385. The maximum atomic E-state index is 14.9. The summed E-state index contributed by atoms with van der Waals surface area (Å²) in [6.45, 7) is 5.41. The van der Waals surface area contributed by atoms with E-state index in [1.807, 2.05) is 4.57 Å². The molecular formula is C26H24FN3O4S. The summed E-state index contributed by atoms with van der Waals surface area (Å²) in [6, 6.07) is 2.98. The van der Waals surface area contributed by atoms with Crippen LogP contribution in [0.3, 0.4) is 0 Å². The molecule has 35 heavy (non-hydrogen) atoms. The molecule has 2 aromatic heterocycles. The first-order chi connectivity index (χ1) is 16.7. The quantitative estimate of drug-likeness (QED) is 0.324. The van der Waals surface area contributed by atoms with Gasteiger partial charge in [-0.1, -0.05) is 19.1 Å². The Kier molecular flexibility index (Phi) is 4.72. The van der Waals surface area contributed by atoms with Crippen LogP contribution in [0.1, 0.15) is 66.1 Å². The number of nitrogens with one attached hydrogen (secondary N) is 1. The Labute approximate surface area is 205 Å². The van der Waals surface area contributed by atoms with Crippen molar-refractivity contribution >= 4 is 35.0 Å². The number of carbonyl (C=O) groups is 2. The molecule has 1 aliphatic carbocycles. The Morgan fingerprint density at radius 2 is 2.14 bits per heavy atom. The van der Waals surface area contributed by atoms with Gasteiger partial charge in [-0.25, -0.2) is 14.2 Å². The second-order valence-electron chi connectivity index (χ2n) is 9.60. The van der Waals surface area contributed by atoms with Crippen molar-refractivity contribution in [2.75, 3.05) is 0 Å². The van der Waals surface area contributed by atoms with Gasteiger partial charge in [-0.3, -0.25) is 4.79 Å². The lowest BCUT2D eigenvalue weighted by Crippen LogP contribution is -2.41. The van der Waals surface area contributed by atoms with E-state index in [0.29, 0.717) is 57.6 Å². The zero-order valence-electron chi connectivity index (χ0n) is 19.6. The molecule has 0 bridgehead atoms. The van der Waals surface area contributed by atoms with E-state index in [4.69, 9.17) is 21.9 Å². The number of ether oxygens (including phenoxy) is 1. The molecule has 3 aromatic rings. The smallest absolute Gasteiger partial charge is 0.343 e. The van der Waals surface area contributed by atoms with Crippen LogP contribution in [0.2, 0.25) is 0 Å². The Morgan fingerprint density at radius 3 is 2.86 bits per heavy atom. The lowest BCUT2D eigenvalue weighted by Gasteiger charge is -2.32. The molecule has 1 aromatic carbocycles. The lowest BCUT2D eigenvalue weighted by molar-refractivity contribution is -0.172. The van der Waals surface area contributed by atoms with E-state index in [1.54, 1.807) is 19.9 Å². The molecule has 1 unspecified atom stereocenters. The maximum Gasteiger partial charge on any atom is 0.343 e. The number of cyclic esters (lactones) is 1. The lowest BCUT2D eigenvalue weighted by atomic mass is 9.81. The number of nitrogens with zero attached hydrogens (tertiary/aromatic N) is 2. The molecule has 2 N–H and O–H groups in total. The SMILES string of the molecule is CC[C@@]1(O)C(=O)OCc2c1cc1n(c2=S)Cc2c-1nc1cc(F)c(C)c3c1c2C(NC(C)=O)CC3. The van der Waals surface area contributed by atoms with Gasteiger partial charge in [0.05, 0.1) is 29.5 Å². The number of amides is 1. The number of esters is 1. The Hall–Kier alpha value is -3.17. The Balaban J connectivity index is 1.68. The summed E-state index contributed by atoms with van der Waals surface area (Å²) in [7, 11) is 0. The fourth-order valence-electron chi connectivity index (χ4n) is 5.94. The average molecular weight is 494 g/mol.